The van der Waals surface area contributed by atoms with Gasteiger partial charge in [0.2, 0.25) is 0 Å². The van der Waals surface area contributed by atoms with Crippen molar-refractivity contribution in [1.29, 1.82) is 0 Å². The minimum Gasteiger partial charge on any atom is -0.309 e. The molecule has 0 saturated heterocycles. The Bertz CT molecular complexity index is 298. The van der Waals surface area contributed by atoms with Crippen LogP contribution in [0.15, 0.2) is 31.2 Å². The first-order chi connectivity index (χ1) is 8.38. The first-order valence-electron chi connectivity index (χ1n) is 6.48. The molecule has 1 aromatic rings. The van der Waals surface area contributed by atoms with E-state index in [2.05, 4.69) is 28.8 Å². The molecule has 0 fully saturated rings. The van der Waals surface area contributed by atoms with E-state index < -0.39 is 0 Å². The molecule has 1 atom stereocenters. The zero-order chi connectivity index (χ0) is 12.3. The van der Waals surface area contributed by atoms with Crippen molar-refractivity contribution in [2.75, 3.05) is 6.54 Å². The Balaban J connectivity index is 2.36. The van der Waals surface area contributed by atoms with Gasteiger partial charge < -0.3 is 5.32 Å². The molecule has 17 heavy (non-hydrogen) atoms. The lowest BCUT2D eigenvalue weighted by molar-refractivity contribution is 0.473. The summed E-state index contributed by atoms with van der Waals surface area (Å²) >= 11 is 0. The van der Waals surface area contributed by atoms with Crippen LogP contribution < -0.4 is 5.32 Å². The van der Waals surface area contributed by atoms with E-state index in [-0.39, 0.29) is 0 Å². The van der Waals surface area contributed by atoms with Crippen LogP contribution >= 0.6 is 0 Å². The fraction of sp³-hybridized carbons (Fsp3) is 0.571. The van der Waals surface area contributed by atoms with Crippen molar-refractivity contribution in [3.63, 3.8) is 0 Å². The maximum absolute atomic E-state index is 4.37. The smallest absolute Gasteiger partial charge is 0.0756 e. The molecule has 0 bridgehead atoms. The van der Waals surface area contributed by atoms with Gasteiger partial charge in [0, 0.05) is 18.6 Å². The molecule has 3 nitrogen and oxygen atoms in total. The third-order valence-corrected chi connectivity index (χ3v) is 2.79. The minimum absolute atomic E-state index is 0.345. The van der Waals surface area contributed by atoms with Crippen LogP contribution in [0.1, 0.15) is 50.8 Å². The zero-order valence-corrected chi connectivity index (χ0v) is 10.7. The second-order valence-electron chi connectivity index (χ2n) is 4.17. The Morgan fingerprint density at radius 3 is 2.88 bits per heavy atom. The topological polar surface area (TPSA) is 37.8 Å². The summed E-state index contributed by atoms with van der Waals surface area (Å²) in [5.74, 6) is 0. The largest absolute Gasteiger partial charge is 0.309 e. The lowest BCUT2D eigenvalue weighted by atomic mass is 10.0. The molecule has 3 heteroatoms. The summed E-state index contributed by atoms with van der Waals surface area (Å²) in [5, 5.41) is 3.47. The highest BCUT2D eigenvalue weighted by atomic mass is 14.9. The Labute approximate surface area is 104 Å². The van der Waals surface area contributed by atoms with Crippen LogP contribution in [-0.4, -0.2) is 16.5 Å². The summed E-state index contributed by atoms with van der Waals surface area (Å²) in [7, 11) is 0. The van der Waals surface area contributed by atoms with Gasteiger partial charge in [-0.25, -0.2) is 0 Å². The zero-order valence-electron chi connectivity index (χ0n) is 10.7. The summed E-state index contributed by atoms with van der Waals surface area (Å²) in [6, 6.07) is 0.345. The van der Waals surface area contributed by atoms with Crippen molar-refractivity contribution >= 4 is 0 Å². The predicted octanol–water partition coefficient (Wildman–Crippen LogP) is 3.26. The number of nitrogens with one attached hydrogen (secondary N) is 1. The van der Waals surface area contributed by atoms with Gasteiger partial charge in [-0.15, -0.1) is 6.58 Å². The summed E-state index contributed by atoms with van der Waals surface area (Å²) in [4.78, 5) is 8.50. The molecule has 0 saturated carbocycles. The van der Waals surface area contributed by atoms with Crippen LogP contribution in [0.25, 0.3) is 0 Å². The van der Waals surface area contributed by atoms with Crippen molar-refractivity contribution in [2.45, 2.75) is 45.1 Å². The van der Waals surface area contributed by atoms with Crippen LogP contribution in [0, 0.1) is 0 Å². The third kappa shape index (κ3) is 5.59. The van der Waals surface area contributed by atoms with Crippen LogP contribution in [0.3, 0.4) is 0 Å². The first-order valence-corrected chi connectivity index (χ1v) is 6.48. The number of aromatic nitrogens is 2. The average molecular weight is 233 g/mol. The Kier molecular flexibility index (Phi) is 7.23. The van der Waals surface area contributed by atoms with Gasteiger partial charge in [0.25, 0.3) is 0 Å². The fourth-order valence-electron chi connectivity index (χ4n) is 1.91. The highest BCUT2D eigenvalue weighted by molar-refractivity contribution is 5.01. The van der Waals surface area contributed by atoms with E-state index in [1.54, 1.807) is 12.4 Å². The molecule has 1 aromatic heterocycles. The Morgan fingerprint density at radius 1 is 1.35 bits per heavy atom. The van der Waals surface area contributed by atoms with Crippen molar-refractivity contribution < 1.29 is 0 Å². The number of hydrogen-bond donors (Lipinski definition) is 1. The molecule has 1 heterocycles. The van der Waals surface area contributed by atoms with E-state index >= 15 is 0 Å². The molecule has 0 aliphatic rings. The number of unbranched alkanes of at least 4 members (excludes halogenated alkanes) is 3. The Morgan fingerprint density at radius 2 is 2.24 bits per heavy atom. The van der Waals surface area contributed by atoms with Gasteiger partial charge in [-0.05, 0) is 25.8 Å². The van der Waals surface area contributed by atoms with Gasteiger partial charge in [0.15, 0.2) is 0 Å². The molecule has 0 aliphatic carbocycles. The molecule has 1 unspecified atom stereocenters. The molecule has 94 valence electrons. The molecular weight excluding hydrogens is 210 g/mol. The van der Waals surface area contributed by atoms with E-state index in [0.29, 0.717) is 6.04 Å². The second-order valence-corrected chi connectivity index (χ2v) is 4.17. The van der Waals surface area contributed by atoms with Crippen molar-refractivity contribution in [3.05, 3.63) is 36.9 Å². The lowest BCUT2D eigenvalue weighted by Gasteiger charge is -2.16. The summed E-state index contributed by atoms with van der Waals surface area (Å²) in [6.45, 7) is 6.83. The van der Waals surface area contributed by atoms with E-state index in [1.807, 2.05) is 12.3 Å². The average Bonchev–Trinajstić information content (AvgIpc) is 2.38. The van der Waals surface area contributed by atoms with E-state index in [1.165, 1.54) is 19.3 Å². The van der Waals surface area contributed by atoms with Crippen LogP contribution in [0.5, 0.6) is 0 Å². The monoisotopic (exact) mass is 233 g/mol. The normalized spacial score (nSPS) is 12.3. The molecule has 0 aliphatic heterocycles. The predicted molar refractivity (Wildman–Crippen MR) is 71.7 cm³/mol. The SMILES string of the molecule is C=CCCCCCC(NCC)c1cnccn1. The van der Waals surface area contributed by atoms with Gasteiger partial charge >= 0.3 is 0 Å². The standard InChI is InChI=1S/C14H23N3/c1-3-5-6-7-8-9-13(16-4-2)14-12-15-10-11-17-14/h3,10-13,16H,1,4-9H2,2H3. The third-order valence-electron chi connectivity index (χ3n) is 2.79. The highest BCUT2D eigenvalue weighted by Crippen LogP contribution is 2.17. The molecular formula is C14H23N3. The molecule has 0 amide bonds. The quantitative estimate of drug-likeness (QED) is 0.525. The van der Waals surface area contributed by atoms with Gasteiger partial charge in [0.1, 0.15) is 0 Å². The summed E-state index contributed by atoms with van der Waals surface area (Å²) in [5.41, 5.74) is 1.05. The number of allylic oxidation sites excluding steroid dienone is 1. The van der Waals surface area contributed by atoms with Gasteiger partial charge in [-0.2, -0.15) is 0 Å². The molecule has 1 N–H and O–H groups in total. The molecule has 0 spiro atoms. The van der Waals surface area contributed by atoms with Crippen molar-refractivity contribution in [3.8, 4) is 0 Å². The van der Waals surface area contributed by atoms with Gasteiger partial charge in [0.05, 0.1) is 11.7 Å². The summed E-state index contributed by atoms with van der Waals surface area (Å²) < 4.78 is 0. The van der Waals surface area contributed by atoms with Crippen molar-refractivity contribution in [1.82, 2.24) is 15.3 Å². The minimum atomic E-state index is 0.345. The second kappa shape index (κ2) is 8.88. The maximum atomic E-state index is 4.37. The van der Waals surface area contributed by atoms with Crippen LogP contribution in [0.2, 0.25) is 0 Å². The van der Waals surface area contributed by atoms with E-state index in [0.717, 1.165) is 25.1 Å². The molecule has 1 rings (SSSR count). The van der Waals surface area contributed by atoms with Gasteiger partial charge in [-0.1, -0.05) is 25.8 Å². The molecule has 0 radical (unpaired) electrons. The van der Waals surface area contributed by atoms with Gasteiger partial charge in [-0.3, -0.25) is 9.97 Å². The van der Waals surface area contributed by atoms with Crippen LogP contribution in [-0.2, 0) is 0 Å². The van der Waals surface area contributed by atoms with E-state index in [4.69, 9.17) is 0 Å². The summed E-state index contributed by atoms with van der Waals surface area (Å²) in [6.07, 6.45) is 13.3. The van der Waals surface area contributed by atoms with Crippen molar-refractivity contribution in [2.24, 2.45) is 0 Å². The lowest BCUT2D eigenvalue weighted by Crippen LogP contribution is -2.21. The molecule has 0 aromatic carbocycles. The number of hydrogen-bond acceptors (Lipinski definition) is 3. The van der Waals surface area contributed by atoms with Crippen LogP contribution in [0.4, 0.5) is 0 Å². The number of rotatable bonds is 9. The first kappa shape index (κ1) is 13.8. The number of nitrogens with zero attached hydrogens (tertiary/aromatic N) is 2. The Hall–Kier alpha value is -1.22. The highest BCUT2D eigenvalue weighted by Gasteiger charge is 2.10. The fourth-order valence-corrected chi connectivity index (χ4v) is 1.91. The maximum Gasteiger partial charge on any atom is 0.0756 e. The van der Waals surface area contributed by atoms with E-state index in [9.17, 15) is 0 Å².